The predicted octanol–water partition coefficient (Wildman–Crippen LogP) is 2.80. The number of hydrogen-bond acceptors (Lipinski definition) is 2. The summed E-state index contributed by atoms with van der Waals surface area (Å²) < 4.78 is 12.9. The van der Waals surface area contributed by atoms with Gasteiger partial charge >= 0.3 is 0 Å². The topological polar surface area (TPSA) is 39.7 Å². The van der Waals surface area contributed by atoms with Crippen molar-refractivity contribution >= 4 is 5.96 Å². The van der Waals surface area contributed by atoms with E-state index in [0.717, 1.165) is 44.0 Å². The minimum atomic E-state index is -0.185. The van der Waals surface area contributed by atoms with Crippen molar-refractivity contribution in [2.24, 2.45) is 4.99 Å². The number of rotatable bonds is 9. The summed E-state index contributed by atoms with van der Waals surface area (Å²) in [6, 6.07) is 6.68. The van der Waals surface area contributed by atoms with Crippen LogP contribution in [0.4, 0.5) is 4.39 Å². The van der Waals surface area contributed by atoms with Crippen LogP contribution in [0.1, 0.15) is 38.2 Å². The first-order valence-electron chi connectivity index (χ1n) is 9.27. The van der Waals surface area contributed by atoms with Crippen molar-refractivity contribution in [3.8, 4) is 0 Å². The van der Waals surface area contributed by atoms with Crippen molar-refractivity contribution < 1.29 is 4.39 Å². The summed E-state index contributed by atoms with van der Waals surface area (Å²) in [4.78, 5) is 7.19. The van der Waals surface area contributed by atoms with E-state index in [1.54, 1.807) is 0 Å². The molecule has 0 amide bonds. The molecule has 0 saturated carbocycles. The van der Waals surface area contributed by atoms with Gasteiger partial charge in [-0.2, -0.15) is 0 Å². The van der Waals surface area contributed by atoms with Gasteiger partial charge in [-0.25, -0.2) is 4.39 Å². The lowest BCUT2D eigenvalue weighted by Gasteiger charge is -2.14. The van der Waals surface area contributed by atoms with Crippen LogP contribution in [0.5, 0.6) is 0 Å². The van der Waals surface area contributed by atoms with Gasteiger partial charge in [0.15, 0.2) is 5.96 Å². The average molecular weight is 334 g/mol. The Hall–Kier alpha value is -1.62. The first-order valence-corrected chi connectivity index (χ1v) is 9.27. The second kappa shape index (κ2) is 11.0. The van der Waals surface area contributed by atoms with E-state index < -0.39 is 0 Å². The van der Waals surface area contributed by atoms with Crippen molar-refractivity contribution in [3.63, 3.8) is 0 Å². The first kappa shape index (κ1) is 18.7. The largest absolute Gasteiger partial charge is 0.357 e. The first-order chi connectivity index (χ1) is 11.8. The maximum absolute atomic E-state index is 12.9. The highest BCUT2D eigenvalue weighted by atomic mass is 19.1. The molecule has 0 aromatic heterocycles. The molecule has 0 aliphatic carbocycles. The lowest BCUT2D eigenvalue weighted by atomic mass is 10.1. The molecule has 0 bridgehead atoms. The summed E-state index contributed by atoms with van der Waals surface area (Å²) in [5.41, 5.74) is 1.13. The molecule has 1 aliphatic heterocycles. The Balaban J connectivity index is 1.63. The zero-order chi connectivity index (χ0) is 17.0. The van der Waals surface area contributed by atoms with Crippen LogP contribution in [-0.2, 0) is 6.42 Å². The van der Waals surface area contributed by atoms with Crippen molar-refractivity contribution in [2.75, 3.05) is 39.3 Å². The Morgan fingerprint density at radius 2 is 1.88 bits per heavy atom. The van der Waals surface area contributed by atoms with E-state index in [-0.39, 0.29) is 5.82 Å². The Bertz CT molecular complexity index is 481. The van der Waals surface area contributed by atoms with Crippen LogP contribution in [0.2, 0.25) is 0 Å². The Morgan fingerprint density at radius 1 is 1.12 bits per heavy atom. The van der Waals surface area contributed by atoms with Crippen LogP contribution in [0.3, 0.4) is 0 Å². The minimum absolute atomic E-state index is 0.185. The fourth-order valence-electron chi connectivity index (χ4n) is 2.96. The molecular weight excluding hydrogens is 303 g/mol. The van der Waals surface area contributed by atoms with Crippen LogP contribution in [0.25, 0.3) is 0 Å². The standard InChI is InChI=1S/C19H31FN4/c1-2-21-19(22-12-3-4-14-24-15-5-6-16-24)23-13-11-17-7-9-18(20)10-8-17/h7-10H,2-6,11-16H2,1H3,(H2,21,22,23). The molecule has 134 valence electrons. The number of hydrogen-bond donors (Lipinski definition) is 2. The number of nitrogens with one attached hydrogen (secondary N) is 2. The van der Waals surface area contributed by atoms with E-state index in [0.29, 0.717) is 0 Å². The van der Waals surface area contributed by atoms with Crippen molar-refractivity contribution in [1.82, 2.24) is 15.5 Å². The fourth-order valence-corrected chi connectivity index (χ4v) is 2.96. The molecule has 1 aromatic rings. The molecule has 5 heteroatoms. The van der Waals surface area contributed by atoms with Crippen LogP contribution in [0.15, 0.2) is 29.3 Å². The quantitative estimate of drug-likeness (QED) is 0.414. The van der Waals surface area contributed by atoms with Crippen molar-refractivity contribution in [1.29, 1.82) is 0 Å². The average Bonchev–Trinajstić information content (AvgIpc) is 3.10. The lowest BCUT2D eigenvalue weighted by Crippen LogP contribution is -2.38. The van der Waals surface area contributed by atoms with E-state index in [9.17, 15) is 4.39 Å². The molecule has 0 radical (unpaired) electrons. The number of nitrogens with zero attached hydrogens (tertiary/aromatic N) is 2. The third-order valence-electron chi connectivity index (χ3n) is 4.31. The third-order valence-corrected chi connectivity index (χ3v) is 4.31. The van der Waals surface area contributed by atoms with Gasteiger partial charge in [0.05, 0.1) is 0 Å². The van der Waals surface area contributed by atoms with Gasteiger partial charge in [0.25, 0.3) is 0 Å². The molecule has 0 atom stereocenters. The molecule has 2 N–H and O–H groups in total. The maximum Gasteiger partial charge on any atom is 0.191 e. The molecule has 1 aromatic carbocycles. The highest BCUT2D eigenvalue weighted by Gasteiger charge is 2.09. The van der Waals surface area contributed by atoms with Gasteiger partial charge in [-0.05, 0) is 76.4 Å². The van der Waals surface area contributed by atoms with Crippen LogP contribution < -0.4 is 10.6 Å². The molecule has 4 nitrogen and oxygen atoms in total. The molecule has 24 heavy (non-hydrogen) atoms. The lowest BCUT2D eigenvalue weighted by molar-refractivity contribution is 0.331. The van der Waals surface area contributed by atoms with Gasteiger partial charge in [-0.15, -0.1) is 0 Å². The SMILES string of the molecule is CCNC(=NCCCCN1CCCC1)NCCc1ccc(F)cc1. The zero-order valence-corrected chi connectivity index (χ0v) is 14.9. The number of aliphatic imine (C=N–C) groups is 1. The van der Waals surface area contributed by atoms with Gasteiger partial charge in [0.2, 0.25) is 0 Å². The highest BCUT2D eigenvalue weighted by molar-refractivity contribution is 5.79. The van der Waals surface area contributed by atoms with Gasteiger partial charge in [0, 0.05) is 19.6 Å². The number of guanidine groups is 1. The molecule has 1 heterocycles. The molecule has 1 fully saturated rings. The monoisotopic (exact) mass is 334 g/mol. The van der Waals surface area contributed by atoms with E-state index in [1.807, 2.05) is 12.1 Å². The van der Waals surface area contributed by atoms with Crippen LogP contribution in [-0.4, -0.2) is 50.1 Å². The molecular formula is C19H31FN4. The Kier molecular flexibility index (Phi) is 8.60. The summed E-state index contributed by atoms with van der Waals surface area (Å²) >= 11 is 0. The normalized spacial score (nSPS) is 15.7. The number of likely N-dealkylation sites (tertiary alicyclic amines) is 1. The summed E-state index contributed by atoms with van der Waals surface area (Å²) in [5, 5.41) is 6.63. The van der Waals surface area contributed by atoms with Gasteiger partial charge in [0.1, 0.15) is 5.82 Å². The molecule has 1 saturated heterocycles. The number of benzene rings is 1. The second-order valence-electron chi connectivity index (χ2n) is 6.32. The Labute approximate surface area is 145 Å². The van der Waals surface area contributed by atoms with E-state index in [2.05, 4.69) is 27.4 Å². The molecule has 0 unspecified atom stereocenters. The summed E-state index contributed by atoms with van der Waals surface area (Å²) in [6.45, 7) is 8.35. The smallest absolute Gasteiger partial charge is 0.191 e. The van der Waals surface area contributed by atoms with Gasteiger partial charge in [-0.3, -0.25) is 4.99 Å². The Morgan fingerprint density at radius 3 is 2.58 bits per heavy atom. The highest BCUT2D eigenvalue weighted by Crippen LogP contribution is 2.08. The molecule has 1 aliphatic rings. The maximum atomic E-state index is 12.9. The second-order valence-corrected chi connectivity index (χ2v) is 6.32. The summed E-state index contributed by atoms with van der Waals surface area (Å²) in [5.74, 6) is 0.691. The number of unbranched alkanes of at least 4 members (excludes halogenated alkanes) is 1. The van der Waals surface area contributed by atoms with Crippen molar-refractivity contribution in [3.05, 3.63) is 35.6 Å². The van der Waals surface area contributed by atoms with Gasteiger partial charge in [-0.1, -0.05) is 12.1 Å². The van der Waals surface area contributed by atoms with Crippen LogP contribution in [0, 0.1) is 5.82 Å². The summed E-state index contributed by atoms with van der Waals surface area (Å²) in [7, 11) is 0. The van der Waals surface area contributed by atoms with Crippen LogP contribution >= 0.6 is 0 Å². The van der Waals surface area contributed by atoms with Crippen molar-refractivity contribution in [2.45, 2.75) is 39.0 Å². The summed E-state index contributed by atoms with van der Waals surface area (Å²) in [6.07, 6.45) is 5.94. The van der Waals surface area contributed by atoms with E-state index in [4.69, 9.17) is 0 Å². The molecule has 0 spiro atoms. The molecule has 2 rings (SSSR count). The fraction of sp³-hybridized carbons (Fsp3) is 0.632. The van der Waals surface area contributed by atoms with Gasteiger partial charge < -0.3 is 15.5 Å². The number of halogens is 1. The minimum Gasteiger partial charge on any atom is -0.357 e. The third kappa shape index (κ3) is 7.30. The van der Waals surface area contributed by atoms with E-state index >= 15 is 0 Å². The van der Waals surface area contributed by atoms with E-state index in [1.165, 1.54) is 51.0 Å². The zero-order valence-electron chi connectivity index (χ0n) is 14.9. The predicted molar refractivity (Wildman–Crippen MR) is 99.0 cm³/mol.